The summed E-state index contributed by atoms with van der Waals surface area (Å²) < 4.78 is 14.2. The van der Waals surface area contributed by atoms with Gasteiger partial charge < -0.3 is 5.11 Å². The molecular formula is C11H10FN3O2. The minimum Gasteiger partial charge on any atom is -0.481 e. The molecule has 0 saturated heterocycles. The van der Waals surface area contributed by atoms with Gasteiger partial charge in [-0.3, -0.25) is 9.48 Å². The van der Waals surface area contributed by atoms with Gasteiger partial charge in [0.1, 0.15) is 12.1 Å². The Morgan fingerprint density at radius 2 is 2.06 bits per heavy atom. The van der Waals surface area contributed by atoms with Crippen LogP contribution in [0.2, 0.25) is 0 Å². The van der Waals surface area contributed by atoms with E-state index in [1.54, 1.807) is 12.1 Å². The molecule has 1 aromatic carbocycles. The molecule has 0 unspecified atom stereocenters. The Balaban J connectivity index is 2.12. The van der Waals surface area contributed by atoms with E-state index < -0.39 is 5.97 Å². The Morgan fingerprint density at radius 1 is 1.35 bits per heavy atom. The third-order valence-corrected chi connectivity index (χ3v) is 2.19. The summed E-state index contributed by atoms with van der Waals surface area (Å²) in [5.74, 6) is -0.752. The van der Waals surface area contributed by atoms with Crippen molar-refractivity contribution in [3.63, 3.8) is 0 Å². The summed E-state index contributed by atoms with van der Waals surface area (Å²) in [6.07, 6.45) is 1.45. The molecule has 0 atom stereocenters. The van der Waals surface area contributed by atoms with Crippen LogP contribution in [0.1, 0.15) is 6.42 Å². The van der Waals surface area contributed by atoms with Crippen LogP contribution >= 0.6 is 0 Å². The van der Waals surface area contributed by atoms with Crippen molar-refractivity contribution >= 4 is 5.97 Å². The van der Waals surface area contributed by atoms with Crippen LogP contribution in [0.4, 0.5) is 4.39 Å². The van der Waals surface area contributed by atoms with Gasteiger partial charge in [-0.05, 0) is 24.3 Å². The number of aromatic nitrogens is 3. The molecule has 88 valence electrons. The number of benzene rings is 1. The second-order valence-electron chi connectivity index (χ2n) is 3.48. The molecule has 0 saturated carbocycles. The van der Waals surface area contributed by atoms with E-state index in [4.69, 9.17) is 5.11 Å². The fourth-order valence-electron chi connectivity index (χ4n) is 1.34. The highest BCUT2D eigenvalue weighted by Gasteiger charge is 2.05. The van der Waals surface area contributed by atoms with Crippen LogP contribution in [-0.2, 0) is 11.3 Å². The lowest BCUT2D eigenvalue weighted by molar-refractivity contribution is -0.137. The van der Waals surface area contributed by atoms with Gasteiger partial charge in [-0.25, -0.2) is 9.37 Å². The number of hydrogen-bond donors (Lipinski definition) is 1. The van der Waals surface area contributed by atoms with E-state index >= 15 is 0 Å². The first kappa shape index (κ1) is 11.3. The zero-order valence-electron chi connectivity index (χ0n) is 8.88. The maximum Gasteiger partial charge on any atom is 0.305 e. The summed E-state index contributed by atoms with van der Waals surface area (Å²) in [6, 6.07) is 5.80. The first-order valence-electron chi connectivity index (χ1n) is 5.02. The number of carbonyl (C=O) groups is 1. The number of rotatable bonds is 4. The number of hydrogen-bond acceptors (Lipinski definition) is 3. The van der Waals surface area contributed by atoms with Crippen LogP contribution in [0.3, 0.4) is 0 Å². The lowest BCUT2D eigenvalue weighted by Crippen LogP contribution is -2.04. The summed E-state index contributed by atoms with van der Waals surface area (Å²) in [5.41, 5.74) is 0.695. The van der Waals surface area contributed by atoms with Gasteiger partial charge in [0.25, 0.3) is 0 Å². The molecule has 0 aliphatic rings. The van der Waals surface area contributed by atoms with Crippen molar-refractivity contribution in [2.24, 2.45) is 0 Å². The zero-order chi connectivity index (χ0) is 12.3. The van der Waals surface area contributed by atoms with Gasteiger partial charge in [-0.2, -0.15) is 5.10 Å². The highest BCUT2D eigenvalue weighted by Crippen LogP contribution is 2.14. The zero-order valence-corrected chi connectivity index (χ0v) is 8.88. The first-order chi connectivity index (χ1) is 8.15. The highest BCUT2D eigenvalue weighted by atomic mass is 19.1. The average molecular weight is 235 g/mol. The second kappa shape index (κ2) is 4.73. The van der Waals surface area contributed by atoms with E-state index in [9.17, 15) is 9.18 Å². The van der Waals surface area contributed by atoms with Crippen LogP contribution < -0.4 is 0 Å². The minimum absolute atomic E-state index is 0.00772. The number of nitrogens with zero attached hydrogens (tertiary/aromatic N) is 3. The lowest BCUT2D eigenvalue weighted by atomic mass is 10.2. The van der Waals surface area contributed by atoms with E-state index in [-0.39, 0.29) is 18.8 Å². The third-order valence-electron chi connectivity index (χ3n) is 2.19. The third kappa shape index (κ3) is 2.87. The van der Waals surface area contributed by atoms with Crippen molar-refractivity contribution in [1.82, 2.24) is 14.8 Å². The predicted octanol–water partition coefficient (Wildman–Crippen LogP) is 1.56. The van der Waals surface area contributed by atoms with Gasteiger partial charge in [0.2, 0.25) is 0 Å². The van der Waals surface area contributed by atoms with E-state index in [1.807, 2.05) is 0 Å². The van der Waals surface area contributed by atoms with Crippen molar-refractivity contribution < 1.29 is 14.3 Å². The largest absolute Gasteiger partial charge is 0.481 e. The maximum absolute atomic E-state index is 12.7. The monoisotopic (exact) mass is 235 g/mol. The molecule has 0 spiro atoms. The quantitative estimate of drug-likeness (QED) is 0.873. The van der Waals surface area contributed by atoms with Crippen LogP contribution in [0.25, 0.3) is 11.4 Å². The summed E-state index contributed by atoms with van der Waals surface area (Å²) in [5, 5.41) is 12.6. The van der Waals surface area contributed by atoms with Gasteiger partial charge in [-0.1, -0.05) is 0 Å². The number of carboxylic acid groups (broad SMARTS) is 1. The standard InChI is InChI=1S/C11H10FN3O2/c12-9-3-1-8(2-4-9)11-13-7-15(14-11)6-5-10(16)17/h1-4,7H,5-6H2,(H,16,17). The molecule has 0 fully saturated rings. The molecule has 1 N–H and O–H groups in total. The normalized spacial score (nSPS) is 10.4. The topological polar surface area (TPSA) is 68.0 Å². The fourth-order valence-corrected chi connectivity index (χ4v) is 1.34. The van der Waals surface area contributed by atoms with E-state index in [0.717, 1.165) is 0 Å². The van der Waals surface area contributed by atoms with Gasteiger partial charge in [0, 0.05) is 5.56 Å². The van der Waals surface area contributed by atoms with E-state index in [2.05, 4.69) is 10.1 Å². The number of halogens is 1. The molecule has 17 heavy (non-hydrogen) atoms. The Kier molecular flexibility index (Phi) is 3.13. The van der Waals surface area contributed by atoms with Crippen LogP contribution in [0.15, 0.2) is 30.6 Å². The van der Waals surface area contributed by atoms with E-state index in [0.29, 0.717) is 11.4 Å². The van der Waals surface area contributed by atoms with Gasteiger partial charge in [-0.15, -0.1) is 0 Å². The Hall–Kier alpha value is -2.24. The van der Waals surface area contributed by atoms with E-state index in [1.165, 1.54) is 23.1 Å². The maximum atomic E-state index is 12.7. The summed E-state index contributed by atoms with van der Waals surface area (Å²) in [6.45, 7) is 0.267. The predicted molar refractivity (Wildman–Crippen MR) is 57.7 cm³/mol. The fraction of sp³-hybridized carbons (Fsp3) is 0.182. The Morgan fingerprint density at radius 3 is 2.71 bits per heavy atom. The van der Waals surface area contributed by atoms with Crippen molar-refractivity contribution in [2.75, 3.05) is 0 Å². The molecule has 0 aliphatic carbocycles. The van der Waals surface area contributed by atoms with Crippen molar-refractivity contribution in [3.8, 4) is 11.4 Å². The van der Waals surface area contributed by atoms with Crippen LogP contribution in [0.5, 0.6) is 0 Å². The summed E-state index contributed by atoms with van der Waals surface area (Å²) >= 11 is 0. The Bertz CT molecular complexity index is 522. The lowest BCUT2D eigenvalue weighted by Gasteiger charge is -1.96. The van der Waals surface area contributed by atoms with Gasteiger partial charge >= 0.3 is 5.97 Å². The average Bonchev–Trinajstić information content (AvgIpc) is 2.76. The molecule has 0 amide bonds. The molecule has 0 radical (unpaired) electrons. The smallest absolute Gasteiger partial charge is 0.305 e. The summed E-state index contributed by atoms with van der Waals surface area (Å²) in [7, 11) is 0. The molecule has 1 heterocycles. The van der Waals surface area contributed by atoms with Crippen molar-refractivity contribution in [2.45, 2.75) is 13.0 Å². The van der Waals surface area contributed by atoms with Gasteiger partial charge in [0.05, 0.1) is 13.0 Å². The Labute approximate surface area is 96.5 Å². The van der Waals surface area contributed by atoms with Crippen LogP contribution in [-0.4, -0.2) is 25.8 Å². The molecule has 5 nitrogen and oxygen atoms in total. The molecule has 2 rings (SSSR count). The van der Waals surface area contributed by atoms with Crippen molar-refractivity contribution in [3.05, 3.63) is 36.4 Å². The molecule has 0 bridgehead atoms. The SMILES string of the molecule is O=C(O)CCn1cnc(-c2ccc(F)cc2)n1. The molecule has 6 heteroatoms. The number of carboxylic acids is 1. The van der Waals surface area contributed by atoms with Crippen LogP contribution in [0, 0.1) is 5.82 Å². The molecular weight excluding hydrogens is 225 g/mol. The minimum atomic E-state index is -0.885. The highest BCUT2D eigenvalue weighted by molar-refractivity contribution is 5.66. The second-order valence-corrected chi connectivity index (χ2v) is 3.48. The summed E-state index contributed by atoms with van der Waals surface area (Å²) in [4.78, 5) is 14.4. The first-order valence-corrected chi connectivity index (χ1v) is 5.02. The van der Waals surface area contributed by atoms with Gasteiger partial charge in [0.15, 0.2) is 5.82 Å². The van der Waals surface area contributed by atoms with Crippen molar-refractivity contribution in [1.29, 1.82) is 0 Å². The molecule has 2 aromatic rings. The molecule has 0 aliphatic heterocycles. The number of aliphatic carboxylic acids is 1. The number of aryl methyl sites for hydroxylation is 1. The molecule has 1 aromatic heterocycles.